The Hall–Kier alpha value is -2.50. The Morgan fingerprint density at radius 1 is 0.926 bits per heavy atom. The molecule has 3 nitrogen and oxygen atoms in total. The van der Waals surface area contributed by atoms with Crippen molar-refractivity contribution in [1.82, 2.24) is 5.32 Å². The van der Waals surface area contributed by atoms with Crippen molar-refractivity contribution in [2.45, 2.75) is 12.8 Å². The van der Waals surface area contributed by atoms with E-state index in [0.29, 0.717) is 0 Å². The number of thiocarbonyl (C=S) groups is 1. The summed E-state index contributed by atoms with van der Waals surface area (Å²) in [6.07, 6.45) is 0. The number of benzene rings is 3. The first kappa shape index (κ1) is 19.3. The second-order valence-corrected chi connectivity index (χ2v) is 7.48. The molecule has 0 aromatic heterocycles. The maximum atomic E-state index is 13.0. The lowest BCUT2D eigenvalue weighted by molar-refractivity contribution is -0.120. The van der Waals surface area contributed by atoms with E-state index in [9.17, 15) is 4.79 Å². The molecule has 0 unspecified atom stereocenters. The number of carbonyl (C=O) groups is 1. The molecule has 3 rings (SSSR count). The Labute approximate surface area is 172 Å². The zero-order chi connectivity index (χ0) is 19.2. The highest BCUT2D eigenvalue weighted by Gasteiger charge is 2.23. The van der Waals surface area contributed by atoms with Gasteiger partial charge in [-0.05, 0) is 54.0 Å². The summed E-state index contributed by atoms with van der Waals surface area (Å²) in [6.45, 7) is 1.98. The van der Waals surface area contributed by atoms with Crippen LogP contribution in [0.25, 0.3) is 0 Å². The Balaban J connectivity index is 1.79. The molecule has 27 heavy (non-hydrogen) atoms. The number of anilines is 1. The summed E-state index contributed by atoms with van der Waals surface area (Å²) in [5.74, 6) is -0.599. The smallest absolute Gasteiger partial charge is 0.238 e. The molecule has 0 spiro atoms. The quantitative estimate of drug-likeness (QED) is 0.535. The van der Waals surface area contributed by atoms with Crippen LogP contribution in [0.5, 0.6) is 0 Å². The van der Waals surface area contributed by atoms with Gasteiger partial charge in [0.25, 0.3) is 0 Å². The highest BCUT2D eigenvalue weighted by atomic mass is 79.9. The van der Waals surface area contributed by atoms with Crippen molar-refractivity contribution in [3.8, 4) is 0 Å². The number of rotatable bonds is 4. The zero-order valence-corrected chi connectivity index (χ0v) is 17.2. The first-order valence-corrected chi connectivity index (χ1v) is 9.72. The van der Waals surface area contributed by atoms with Gasteiger partial charge in [0, 0.05) is 10.2 Å². The summed E-state index contributed by atoms with van der Waals surface area (Å²) < 4.78 is 0.994. The lowest BCUT2D eigenvalue weighted by Gasteiger charge is -2.19. The summed E-state index contributed by atoms with van der Waals surface area (Å²) in [4.78, 5) is 13.0. The first-order chi connectivity index (χ1) is 13.0. The highest BCUT2D eigenvalue weighted by Crippen LogP contribution is 2.25. The minimum absolute atomic E-state index is 0.167. The molecular weight excluding hydrogens is 420 g/mol. The van der Waals surface area contributed by atoms with Gasteiger partial charge in [-0.15, -0.1) is 0 Å². The topological polar surface area (TPSA) is 41.1 Å². The molecule has 3 aromatic rings. The molecule has 0 saturated heterocycles. The largest absolute Gasteiger partial charge is 0.332 e. The molecule has 3 aromatic carbocycles. The van der Waals surface area contributed by atoms with Gasteiger partial charge in [-0.3, -0.25) is 4.79 Å². The second-order valence-electron chi connectivity index (χ2n) is 6.16. The fourth-order valence-corrected chi connectivity index (χ4v) is 3.58. The molecule has 0 radical (unpaired) electrons. The van der Waals surface area contributed by atoms with Crippen molar-refractivity contribution < 1.29 is 4.79 Å². The monoisotopic (exact) mass is 438 g/mol. The molecule has 0 heterocycles. The van der Waals surface area contributed by atoms with E-state index in [2.05, 4.69) is 26.6 Å². The number of halogens is 1. The van der Waals surface area contributed by atoms with Gasteiger partial charge >= 0.3 is 0 Å². The Kier molecular flexibility index (Phi) is 6.37. The van der Waals surface area contributed by atoms with Crippen molar-refractivity contribution >= 4 is 44.9 Å². The molecule has 0 aliphatic rings. The molecule has 1 amide bonds. The van der Waals surface area contributed by atoms with Crippen molar-refractivity contribution in [1.29, 1.82) is 0 Å². The highest BCUT2D eigenvalue weighted by molar-refractivity contribution is 9.10. The van der Waals surface area contributed by atoms with Gasteiger partial charge in [0.05, 0.1) is 5.92 Å². The number of nitrogens with one attached hydrogen (secondary N) is 2. The van der Waals surface area contributed by atoms with Crippen LogP contribution in [-0.4, -0.2) is 11.0 Å². The van der Waals surface area contributed by atoms with Crippen LogP contribution in [-0.2, 0) is 4.79 Å². The van der Waals surface area contributed by atoms with Crippen LogP contribution in [0.15, 0.2) is 83.3 Å². The van der Waals surface area contributed by atoms with Gasteiger partial charge < -0.3 is 10.6 Å². The number of aryl methyl sites for hydroxylation is 1. The maximum Gasteiger partial charge on any atom is 0.238 e. The van der Waals surface area contributed by atoms with Crippen molar-refractivity contribution in [3.05, 3.63) is 100 Å². The lowest BCUT2D eigenvalue weighted by Crippen LogP contribution is -2.38. The minimum atomic E-state index is -0.432. The molecule has 0 bridgehead atoms. The van der Waals surface area contributed by atoms with Crippen molar-refractivity contribution in [2.24, 2.45) is 0 Å². The molecule has 136 valence electrons. The molecule has 0 aliphatic carbocycles. The molecule has 0 atom stereocenters. The third-order valence-electron chi connectivity index (χ3n) is 4.20. The number of hydrogen-bond donors (Lipinski definition) is 2. The second kappa shape index (κ2) is 8.93. The molecular formula is C22H19BrN2OS. The predicted octanol–water partition coefficient (Wildman–Crippen LogP) is 5.40. The Bertz CT molecular complexity index is 906. The van der Waals surface area contributed by atoms with E-state index in [1.165, 1.54) is 0 Å². The van der Waals surface area contributed by atoms with Crippen LogP contribution >= 0.6 is 28.1 Å². The van der Waals surface area contributed by atoms with Crippen molar-refractivity contribution in [3.63, 3.8) is 0 Å². The van der Waals surface area contributed by atoms with Crippen LogP contribution in [0.1, 0.15) is 22.6 Å². The maximum absolute atomic E-state index is 13.0. The average Bonchev–Trinajstić information content (AvgIpc) is 2.66. The summed E-state index contributed by atoms with van der Waals surface area (Å²) in [5, 5.41) is 6.22. The van der Waals surface area contributed by atoms with E-state index in [1.54, 1.807) is 0 Å². The Morgan fingerprint density at radius 3 is 2.00 bits per heavy atom. The van der Waals surface area contributed by atoms with E-state index in [0.717, 1.165) is 26.9 Å². The first-order valence-electron chi connectivity index (χ1n) is 8.52. The van der Waals surface area contributed by atoms with E-state index in [1.807, 2.05) is 85.8 Å². The SMILES string of the molecule is Cc1cc(Br)ccc1NC(=S)NC(=O)C(c1ccccc1)c1ccccc1. The van der Waals surface area contributed by atoms with Crippen LogP contribution in [0.3, 0.4) is 0 Å². The van der Waals surface area contributed by atoms with Gasteiger partial charge in [-0.2, -0.15) is 0 Å². The fourth-order valence-electron chi connectivity index (χ4n) is 2.89. The summed E-state index contributed by atoms with van der Waals surface area (Å²) >= 11 is 8.81. The summed E-state index contributed by atoms with van der Waals surface area (Å²) in [5.41, 5.74) is 3.73. The van der Waals surface area contributed by atoms with E-state index in [4.69, 9.17) is 12.2 Å². The Morgan fingerprint density at radius 2 is 1.48 bits per heavy atom. The molecule has 0 fully saturated rings. The molecule has 0 saturated carbocycles. The lowest BCUT2D eigenvalue weighted by atomic mass is 9.90. The summed E-state index contributed by atoms with van der Waals surface area (Å²) in [7, 11) is 0. The van der Waals surface area contributed by atoms with E-state index >= 15 is 0 Å². The standard InChI is InChI=1S/C22H19BrN2OS/c1-15-14-18(23)12-13-19(15)24-22(27)25-21(26)20(16-8-4-2-5-9-16)17-10-6-3-7-11-17/h2-14,20H,1H3,(H2,24,25,26,27). The van der Waals surface area contributed by atoms with Crippen molar-refractivity contribution in [2.75, 3.05) is 5.32 Å². The molecule has 2 N–H and O–H groups in total. The van der Waals surface area contributed by atoms with Crippen LogP contribution in [0.4, 0.5) is 5.69 Å². The van der Waals surface area contributed by atoms with Gasteiger partial charge in [-0.1, -0.05) is 76.6 Å². The third-order valence-corrected chi connectivity index (χ3v) is 4.90. The van der Waals surface area contributed by atoms with Gasteiger partial charge in [0.15, 0.2) is 5.11 Å². The average molecular weight is 439 g/mol. The third kappa shape index (κ3) is 5.02. The minimum Gasteiger partial charge on any atom is -0.332 e. The van der Waals surface area contributed by atoms with Gasteiger partial charge in [0.2, 0.25) is 5.91 Å². The van der Waals surface area contributed by atoms with E-state index < -0.39 is 5.92 Å². The number of amides is 1. The van der Waals surface area contributed by atoms with Gasteiger partial charge in [-0.25, -0.2) is 0 Å². The summed E-state index contributed by atoms with van der Waals surface area (Å²) in [6, 6.07) is 25.2. The predicted molar refractivity (Wildman–Crippen MR) is 118 cm³/mol. The normalized spacial score (nSPS) is 10.5. The van der Waals surface area contributed by atoms with Crippen LogP contribution in [0, 0.1) is 6.92 Å². The number of carbonyl (C=O) groups excluding carboxylic acids is 1. The molecule has 0 aliphatic heterocycles. The van der Waals surface area contributed by atoms with Crippen LogP contribution < -0.4 is 10.6 Å². The van der Waals surface area contributed by atoms with Crippen LogP contribution in [0.2, 0.25) is 0 Å². The molecule has 5 heteroatoms. The number of hydrogen-bond acceptors (Lipinski definition) is 2. The zero-order valence-electron chi connectivity index (χ0n) is 14.8. The van der Waals surface area contributed by atoms with E-state index in [-0.39, 0.29) is 11.0 Å². The fraction of sp³-hybridized carbons (Fsp3) is 0.0909. The van der Waals surface area contributed by atoms with Gasteiger partial charge in [0.1, 0.15) is 0 Å².